The molecule has 0 spiro atoms. The maximum absolute atomic E-state index is 11.6. The Bertz CT molecular complexity index is 1910. The number of likely N-dealkylation sites (N-methyl/N-ethyl adjacent to an activating group) is 2. The van der Waals surface area contributed by atoms with Crippen LogP contribution >= 0.6 is 132 Å². The summed E-state index contributed by atoms with van der Waals surface area (Å²) in [5.41, 5.74) is 13.0. The minimum absolute atomic E-state index is 0.0623. The lowest BCUT2D eigenvalue weighted by Gasteiger charge is -2.27. The number of amides is 1. The van der Waals surface area contributed by atoms with Gasteiger partial charge >= 0.3 is 0 Å². The summed E-state index contributed by atoms with van der Waals surface area (Å²) in [6.07, 6.45) is 23.4. The second-order valence-corrected chi connectivity index (χ2v) is 52.2. The second kappa shape index (κ2) is 27.9. The molecule has 332 valence electrons. The Balaban J connectivity index is 0.000000154. The van der Waals surface area contributed by atoms with E-state index in [1.807, 2.05) is 31.8 Å². The van der Waals surface area contributed by atoms with Crippen molar-refractivity contribution in [3.63, 3.8) is 0 Å². The van der Waals surface area contributed by atoms with Crippen LogP contribution in [0.3, 0.4) is 0 Å². The average molecular weight is 1120 g/mol. The highest BCUT2D eigenvalue weighted by atomic mass is 32.6. The van der Waals surface area contributed by atoms with Crippen molar-refractivity contribution in [2.75, 3.05) is 20.6 Å². The summed E-state index contributed by atoms with van der Waals surface area (Å²) in [6, 6.07) is 2.21. The van der Waals surface area contributed by atoms with Gasteiger partial charge in [0.05, 0.1) is 11.9 Å². The van der Waals surface area contributed by atoms with Crippen molar-refractivity contribution < 1.29 is 4.79 Å². The molecular weight excluding hydrogens is 1050 g/mol. The van der Waals surface area contributed by atoms with Gasteiger partial charge in [-0.2, -0.15) is 0 Å². The SMILES string of the molecule is CC1CCc2ccnc(P(P)PP)c2C1.CC1CCc2cncc(P(P)PP)c2C1.CN1CCc2cncc(P(P)PP)c2C1.CN1Cc2c(cncc2P(P)PP)CC1=O. The summed E-state index contributed by atoms with van der Waals surface area (Å²) < 4.78 is 0. The lowest BCUT2D eigenvalue weighted by molar-refractivity contribution is -0.130. The molecule has 4 aromatic rings. The molecule has 0 saturated carbocycles. The van der Waals surface area contributed by atoms with Gasteiger partial charge in [-0.25, -0.2) is 0 Å². The van der Waals surface area contributed by atoms with E-state index < -0.39 is 0 Å². The smallest absolute Gasteiger partial charge is 0.227 e. The van der Waals surface area contributed by atoms with Gasteiger partial charge in [0.1, 0.15) is 0 Å². The maximum Gasteiger partial charge on any atom is 0.227 e. The molecule has 0 saturated heterocycles. The van der Waals surface area contributed by atoms with Gasteiger partial charge in [0, 0.05) is 86.0 Å². The molecule has 4 aromatic heterocycles. The van der Waals surface area contributed by atoms with E-state index in [4.69, 9.17) is 0 Å². The van der Waals surface area contributed by atoms with Gasteiger partial charge in [0.2, 0.25) is 5.91 Å². The highest BCUT2D eigenvalue weighted by molar-refractivity contribution is 8.64. The van der Waals surface area contributed by atoms with Gasteiger partial charge in [-0.3, -0.25) is 24.7 Å². The van der Waals surface area contributed by atoms with Crippen molar-refractivity contribution in [1.82, 2.24) is 29.7 Å². The van der Waals surface area contributed by atoms with E-state index in [9.17, 15) is 4.79 Å². The molecule has 2 aliphatic heterocycles. The predicted molar refractivity (Wildman–Crippen MR) is 317 cm³/mol. The molecule has 0 N–H and O–H groups in total. The average Bonchev–Trinajstić information content (AvgIpc) is 3.28. The first-order valence-corrected chi connectivity index (χ1v) is 46.5. The number of fused-ring (bicyclic) bond motifs is 4. The Morgan fingerprint density at radius 2 is 1.08 bits per heavy atom. The van der Waals surface area contributed by atoms with E-state index in [-0.39, 0.29) is 35.1 Å². The first-order chi connectivity index (χ1) is 29.3. The van der Waals surface area contributed by atoms with Crippen molar-refractivity contribution in [1.29, 1.82) is 0 Å². The number of hydrogen-bond acceptors (Lipinski definition) is 6. The number of rotatable bonds is 8. The number of carbonyl (C=O) groups is 1. The van der Waals surface area contributed by atoms with Crippen LogP contribution in [0.1, 0.15) is 71.2 Å². The molecule has 2 aliphatic carbocycles. The van der Waals surface area contributed by atoms with Crippen LogP contribution in [-0.4, -0.2) is 56.3 Å². The fourth-order valence-electron chi connectivity index (χ4n) is 7.80. The summed E-state index contributed by atoms with van der Waals surface area (Å²) in [5.74, 6) is 1.87. The zero-order valence-corrected chi connectivity index (χ0v) is 52.4. The van der Waals surface area contributed by atoms with Crippen LogP contribution in [0.5, 0.6) is 0 Å². The minimum Gasteiger partial charge on any atom is -0.341 e. The first-order valence-electron chi connectivity index (χ1n) is 20.1. The molecule has 23 heteroatoms. The Kier molecular flexibility index (Phi) is 25.1. The summed E-state index contributed by atoms with van der Waals surface area (Å²) in [5, 5.41) is 4.32. The van der Waals surface area contributed by atoms with Crippen LogP contribution < -0.4 is 21.3 Å². The lowest BCUT2D eigenvalue weighted by Crippen LogP contribution is -2.35. The molecule has 8 rings (SSSR count). The maximum atomic E-state index is 11.6. The molecule has 18 atom stereocenters. The number of aromatic nitrogens is 4. The number of carbonyl (C=O) groups excluding carboxylic acids is 1. The van der Waals surface area contributed by atoms with Crippen LogP contribution in [0.4, 0.5) is 0 Å². The third-order valence-electron chi connectivity index (χ3n) is 11.3. The molecule has 0 radical (unpaired) electrons. The Morgan fingerprint density at radius 1 is 0.607 bits per heavy atom. The van der Waals surface area contributed by atoms with Crippen molar-refractivity contribution in [3.8, 4) is 0 Å². The molecule has 4 aliphatic rings. The van der Waals surface area contributed by atoms with Crippen LogP contribution in [0.2, 0.25) is 0 Å². The number of aryl methyl sites for hydroxylation is 2. The highest BCUT2D eigenvalue weighted by Gasteiger charge is 2.25. The van der Waals surface area contributed by atoms with Gasteiger partial charge in [0.15, 0.2) is 0 Å². The fourth-order valence-corrected chi connectivity index (χ4v) is 22.6. The summed E-state index contributed by atoms with van der Waals surface area (Å²) in [6.45, 7) is 7.70. The lowest BCUT2D eigenvalue weighted by atomic mass is 9.86. The fraction of sp³-hybridized carbons (Fsp3) is 0.447. The third-order valence-corrected chi connectivity index (χ3v) is 51.5. The molecule has 18 unspecified atom stereocenters. The van der Waals surface area contributed by atoms with Gasteiger partial charge in [-0.05, 0) is 144 Å². The molecule has 0 aromatic carbocycles. The van der Waals surface area contributed by atoms with Crippen LogP contribution in [0, 0.1) is 11.8 Å². The molecule has 61 heavy (non-hydrogen) atoms. The third kappa shape index (κ3) is 15.7. The van der Waals surface area contributed by atoms with E-state index in [0.717, 1.165) is 75.3 Å². The summed E-state index contributed by atoms with van der Waals surface area (Å²) in [4.78, 5) is 33.4. The van der Waals surface area contributed by atoms with Gasteiger partial charge in [0.25, 0.3) is 0 Å². The molecule has 7 nitrogen and oxygen atoms in total. The molecular formula is C38H64N6OP16. The first kappa shape index (κ1) is 54.8. The normalized spacial score (nSPS) is 20.8. The van der Waals surface area contributed by atoms with Gasteiger partial charge < -0.3 is 9.80 Å². The van der Waals surface area contributed by atoms with Crippen molar-refractivity contribution in [3.05, 3.63) is 94.0 Å². The van der Waals surface area contributed by atoms with E-state index in [1.54, 1.807) is 21.6 Å². The van der Waals surface area contributed by atoms with E-state index in [2.05, 4.69) is 142 Å². The van der Waals surface area contributed by atoms with Crippen molar-refractivity contribution in [2.45, 2.75) is 78.3 Å². The standard InChI is InChI=1S/2C10H17NP4.C9H14N2OP4.C9H16N2P4/c1-7-2-3-8-5-11-6-10(9(8)4-7)15(13)14-12;1-7-2-3-8-4-5-11-10(9(8)6-7)15(13)14-12;1-11-5-7-6(2-9(11)12)3-10-4-8(7)16(14)15-13;1-11-3-2-7-4-10-5-9(8(7)6-11)15(13)14-12/h5-7,14H,2-4,12-13H2,1H3;4-5,7,14H,2-3,6,12-13H2,1H3;3-4,15H,2,5,13-14H2,1H3;4-5,14H,2-3,6,12-13H2,1H3. The molecule has 1 amide bonds. The Morgan fingerprint density at radius 3 is 1.64 bits per heavy atom. The van der Waals surface area contributed by atoms with Crippen LogP contribution in [0.15, 0.2) is 49.4 Å². The monoisotopic (exact) mass is 1120 g/mol. The molecule has 0 fully saturated rings. The Labute approximate surface area is 396 Å². The molecule has 6 heterocycles. The van der Waals surface area contributed by atoms with Crippen molar-refractivity contribution in [2.24, 2.45) is 11.8 Å². The van der Waals surface area contributed by atoms with E-state index >= 15 is 0 Å². The van der Waals surface area contributed by atoms with E-state index in [1.165, 1.54) is 82.1 Å². The second-order valence-electron chi connectivity index (χ2n) is 15.8. The van der Waals surface area contributed by atoms with Crippen molar-refractivity contribution >= 4 is 160 Å². The quantitative estimate of drug-likeness (QED) is 0.164. The van der Waals surface area contributed by atoms with Crippen LogP contribution in [0.25, 0.3) is 0 Å². The predicted octanol–water partition coefficient (Wildman–Crippen LogP) is 11.2. The largest absolute Gasteiger partial charge is 0.341 e. The van der Waals surface area contributed by atoms with E-state index in [0.29, 0.717) is 6.42 Å². The zero-order valence-electron chi connectivity index (χ0n) is 35.6. The zero-order chi connectivity index (χ0) is 44.2. The minimum atomic E-state index is -0.214. The topological polar surface area (TPSA) is 75.1 Å². The Hall–Kier alpha value is 2.91. The summed E-state index contributed by atoms with van der Waals surface area (Å²) >= 11 is 0. The van der Waals surface area contributed by atoms with Crippen LogP contribution in [-0.2, 0) is 56.4 Å². The van der Waals surface area contributed by atoms with Gasteiger partial charge in [-0.15, -0.1) is 71.4 Å². The number of hydrogen-bond donors (Lipinski definition) is 0. The highest BCUT2D eigenvalue weighted by Crippen LogP contribution is 2.67. The summed E-state index contributed by atoms with van der Waals surface area (Å²) in [7, 11) is 30.4. The number of pyridine rings is 4. The van der Waals surface area contributed by atoms with Gasteiger partial charge in [-0.1, -0.05) is 45.7 Å². The molecule has 0 bridgehead atoms. The number of nitrogens with zero attached hydrogens (tertiary/aromatic N) is 6.